The maximum atomic E-state index is 14.6. The number of rotatable bonds is 3. The number of nitrogens with one attached hydrogen (secondary N) is 1. The zero-order valence-corrected chi connectivity index (χ0v) is 26.1. The van der Waals surface area contributed by atoms with Crippen molar-refractivity contribution in [3.05, 3.63) is 80.2 Å². The van der Waals surface area contributed by atoms with Gasteiger partial charge < -0.3 is 14.8 Å². The van der Waals surface area contributed by atoms with Crippen LogP contribution in [-0.4, -0.2) is 61.3 Å². The number of halogens is 4. The summed E-state index contributed by atoms with van der Waals surface area (Å²) in [7, 11) is 0. The fraction of sp³-hybridized carbons (Fsp3) is 0.345. The molecular formula is C29H28ClF3N6O3S2. The average molecular weight is 665 g/mol. The SMILES string of the molecule is C=CC(=O)N1C(C)CN(c2nc(=O)n3c4c(c(-c5cc(Cl)cs5)c(C(F)(F)F)cc24)SCCC3)C[C@H]1C.O=c1cncc[nH]1. The van der Waals surface area contributed by atoms with Gasteiger partial charge in [-0.05, 0) is 44.2 Å². The maximum absolute atomic E-state index is 14.6. The molecule has 0 aliphatic carbocycles. The van der Waals surface area contributed by atoms with E-state index in [9.17, 15) is 27.6 Å². The molecule has 6 rings (SSSR count). The fourth-order valence-corrected chi connectivity index (χ4v) is 8.04. The van der Waals surface area contributed by atoms with Gasteiger partial charge in [0.05, 0.1) is 22.3 Å². The number of aromatic amines is 1. The minimum atomic E-state index is -4.64. The lowest BCUT2D eigenvalue weighted by Gasteiger charge is -2.44. The second-order valence-electron chi connectivity index (χ2n) is 10.4. The molecule has 0 bridgehead atoms. The molecule has 1 unspecified atom stereocenters. The Balaban J connectivity index is 0.000000484. The molecule has 4 aromatic rings. The normalized spacial score (nSPS) is 18.4. The summed E-state index contributed by atoms with van der Waals surface area (Å²) in [6, 6.07) is 2.15. The second-order valence-corrected chi connectivity index (χ2v) is 12.8. The minimum absolute atomic E-state index is 0.0530. The van der Waals surface area contributed by atoms with Crippen molar-refractivity contribution in [2.75, 3.05) is 23.7 Å². The van der Waals surface area contributed by atoms with E-state index in [-0.39, 0.29) is 40.3 Å². The quantitative estimate of drug-likeness (QED) is 0.281. The Labute approximate surface area is 263 Å². The van der Waals surface area contributed by atoms with Crippen LogP contribution in [0.5, 0.6) is 0 Å². The van der Waals surface area contributed by atoms with Gasteiger partial charge >= 0.3 is 11.9 Å². The Kier molecular flexibility index (Phi) is 9.23. The molecule has 3 aromatic heterocycles. The summed E-state index contributed by atoms with van der Waals surface area (Å²) in [4.78, 5) is 50.4. The third-order valence-electron chi connectivity index (χ3n) is 7.32. The maximum Gasteiger partial charge on any atom is 0.417 e. The van der Waals surface area contributed by atoms with Crippen LogP contribution >= 0.6 is 34.7 Å². The molecule has 2 aliphatic rings. The van der Waals surface area contributed by atoms with E-state index in [2.05, 4.69) is 21.5 Å². The molecule has 1 amide bonds. The molecule has 2 atom stereocenters. The van der Waals surface area contributed by atoms with E-state index in [4.69, 9.17) is 11.6 Å². The number of thiophene rings is 1. The summed E-state index contributed by atoms with van der Waals surface area (Å²) >= 11 is 8.58. The van der Waals surface area contributed by atoms with Crippen molar-refractivity contribution in [3.63, 3.8) is 0 Å². The first kappa shape index (κ1) is 31.8. The van der Waals surface area contributed by atoms with Crippen LogP contribution in [0, 0.1) is 0 Å². The number of hydrogen-bond acceptors (Lipinski definition) is 8. The first-order valence-corrected chi connectivity index (χ1v) is 15.9. The van der Waals surface area contributed by atoms with Crippen LogP contribution in [0.15, 0.2) is 63.2 Å². The Morgan fingerprint density at radius 2 is 1.93 bits per heavy atom. The molecule has 1 N–H and O–H groups in total. The van der Waals surface area contributed by atoms with E-state index in [0.717, 1.165) is 17.4 Å². The highest BCUT2D eigenvalue weighted by atomic mass is 35.5. The van der Waals surface area contributed by atoms with Gasteiger partial charge in [0, 0.05) is 70.2 Å². The number of alkyl halides is 3. The van der Waals surface area contributed by atoms with Crippen LogP contribution < -0.4 is 16.1 Å². The monoisotopic (exact) mass is 664 g/mol. The number of aryl methyl sites for hydroxylation is 1. The Bertz CT molecular complexity index is 1810. The van der Waals surface area contributed by atoms with E-state index in [1.54, 1.807) is 10.3 Å². The molecule has 1 aromatic carbocycles. The molecule has 9 nitrogen and oxygen atoms in total. The first-order valence-electron chi connectivity index (χ1n) is 13.6. The zero-order valence-electron chi connectivity index (χ0n) is 23.7. The van der Waals surface area contributed by atoms with Crippen LogP contribution in [0.1, 0.15) is 25.8 Å². The van der Waals surface area contributed by atoms with Gasteiger partial charge in [0.15, 0.2) is 0 Å². The van der Waals surface area contributed by atoms with Crippen LogP contribution in [0.3, 0.4) is 0 Å². The number of benzene rings is 1. The van der Waals surface area contributed by atoms with E-state index in [1.807, 2.05) is 18.7 Å². The van der Waals surface area contributed by atoms with E-state index in [1.165, 1.54) is 47.1 Å². The highest BCUT2D eigenvalue weighted by Gasteiger charge is 2.39. The lowest BCUT2D eigenvalue weighted by molar-refractivity contribution is -0.137. The average Bonchev–Trinajstić information content (AvgIpc) is 3.27. The molecule has 0 saturated carbocycles. The van der Waals surface area contributed by atoms with Gasteiger partial charge in [0.25, 0.3) is 5.56 Å². The van der Waals surface area contributed by atoms with Crippen LogP contribution in [-0.2, 0) is 17.5 Å². The summed E-state index contributed by atoms with van der Waals surface area (Å²) in [6.45, 7) is 8.31. The predicted molar refractivity (Wildman–Crippen MR) is 168 cm³/mol. The van der Waals surface area contributed by atoms with Crippen molar-refractivity contribution in [1.82, 2.24) is 24.4 Å². The van der Waals surface area contributed by atoms with E-state index >= 15 is 0 Å². The molecule has 232 valence electrons. The Morgan fingerprint density at radius 1 is 1.20 bits per heavy atom. The smallest absolute Gasteiger partial charge is 0.352 e. The number of aromatic nitrogens is 4. The van der Waals surface area contributed by atoms with Crippen molar-refractivity contribution in [2.45, 2.75) is 50.0 Å². The molecule has 1 fully saturated rings. The van der Waals surface area contributed by atoms with Gasteiger partial charge in [-0.3, -0.25) is 19.1 Å². The van der Waals surface area contributed by atoms with Gasteiger partial charge in [-0.25, -0.2) is 4.79 Å². The summed E-state index contributed by atoms with van der Waals surface area (Å²) in [5.74, 6) is 0.566. The van der Waals surface area contributed by atoms with Crippen LogP contribution in [0.2, 0.25) is 5.02 Å². The van der Waals surface area contributed by atoms with Crippen molar-refractivity contribution in [2.24, 2.45) is 0 Å². The second kappa shape index (κ2) is 12.8. The topological polar surface area (TPSA) is 104 Å². The standard InChI is InChI=1S/C25H24ClF3N4O2S2.C4H4N2O/c1-4-19(34)33-13(2)10-31(11-14(33)3)23-16-9-17(25(27,28)29)20(18-8-15(26)12-37-18)22-21(16)32(24(35)30-23)6-5-7-36-22;7-4-3-5-1-2-6-4/h4,8-9,12-14H,1,5-7,10-11H2,2-3H3;1-3H,(H,6,7)/t13-,14?;/m1./s1. The van der Waals surface area contributed by atoms with Gasteiger partial charge in [0.2, 0.25) is 5.91 Å². The van der Waals surface area contributed by atoms with Gasteiger partial charge in [-0.15, -0.1) is 23.1 Å². The fourth-order valence-electron chi connectivity index (χ4n) is 5.64. The largest absolute Gasteiger partial charge is 0.417 e. The highest BCUT2D eigenvalue weighted by Crippen LogP contribution is 2.49. The molecule has 15 heteroatoms. The van der Waals surface area contributed by atoms with E-state index in [0.29, 0.717) is 52.1 Å². The van der Waals surface area contributed by atoms with Gasteiger partial charge in [-0.1, -0.05) is 18.2 Å². The van der Waals surface area contributed by atoms with Gasteiger partial charge in [0.1, 0.15) is 5.82 Å². The first-order chi connectivity index (χ1) is 20.9. The molecule has 0 spiro atoms. The third-order valence-corrected chi connectivity index (χ3v) is 9.79. The summed E-state index contributed by atoms with van der Waals surface area (Å²) in [5, 5.41) is 2.25. The molecule has 5 heterocycles. The van der Waals surface area contributed by atoms with Gasteiger partial charge in [-0.2, -0.15) is 18.2 Å². The highest BCUT2D eigenvalue weighted by molar-refractivity contribution is 7.99. The number of carbonyl (C=O) groups excluding carboxylic acids is 1. The predicted octanol–water partition coefficient (Wildman–Crippen LogP) is 5.67. The lowest BCUT2D eigenvalue weighted by atomic mass is 10.0. The number of H-pyrrole nitrogens is 1. The lowest BCUT2D eigenvalue weighted by Crippen LogP contribution is -2.58. The summed E-state index contributed by atoms with van der Waals surface area (Å²) < 4.78 is 45.2. The summed E-state index contributed by atoms with van der Waals surface area (Å²) in [5.41, 5.74) is -0.918. The number of hydrogen-bond donors (Lipinski definition) is 1. The van der Waals surface area contributed by atoms with Crippen molar-refractivity contribution < 1.29 is 18.0 Å². The number of anilines is 1. The Morgan fingerprint density at radius 3 is 2.48 bits per heavy atom. The minimum Gasteiger partial charge on any atom is -0.352 e. The number of nitrogens with zero attached hydrogens (tertiary/aromatic N) is 5. The molecular weight excluding hydrogens is 637 g/mol. The van der Waals surface area contributed by atoms with Crippen molar-refractivity contribution in [1.29, 1.82) is 0 Å². The van der Waals surface area contributed by atoms with Crippen molar-refractivity contribution in [3.8, 4) is 10.4 Å². The Hall–Kier alpha value is -3.62. The van der Waals surface area contributed by atoms with E-state index < -0.39 is 17.4 Å². The molecule has 0 radical (unpaired) electrons. The number of carbonyl (C=O) groups is 1. The van der Waals surface area contributed by atoms with Crippen LogP contribution in [0.25, 0.3) is 21.3 Å². The zero-order chi connectivity index (χ0) is 31.8. The number of thioether (sulfide) groups is 1. The third kappa shape index (κ3) is 6.28. The van der Waals surface area contributed by atoms with Crippen molar-refractivity contribution >= 4 is 57.3 Å². The number of amides is 1. The number of piperazine rings is 1. The van der Waals surface area contributed by atoms with Crippen LogP contribution in [0.4, 0.5) is 19.0 Å². The summed E-state index contributed by atoms with van der Waals surface area (Å²) in [6.07, 6.45) is 1.46. The molecule has 44 heavy (non-hydrogen) atoms. The molecule has 2 aliphatic heterocycles. The molecule has 1 saturated heterocycles.